The molecular weight excluding hydrogens is 370 g/mol. The zero-order valence-corrected chi connectivity index (χ0v) is 15.1. The van der Waals surface area contributed by atoms with E-state index in [-0.39, 0.29) is 12.4 Å². The summed E-state index contributed by atoms with van der Waals surface area (Å²) < 4.78 is 43.9. The molecule has 0 fully saturated rings. The lowest BCUT2D eigenvalue weighted by molar-refractivity contribution is 0.0991. The van der Waals surface area contributed by atoms with Crippen molar-refractivity contribution in [1.82, 2.24) is 5.16 Å². The van der Waals surface area contributed by atoms with E-state index >= 15 is 0 Å². The highest BCUT2D eigenvalue weighted by atomic mass is 19.1. The molecule has 3 aromatic rings. The Labute approximate surface area is 159 Å². The third kappa shape index (κ3) is 4.28. The molecule has 0 aliphatic carbocycles. The van der Waals surface area contributed by atoms with Crippen LogP contribution in [-0.4, -0.2) is 17.7 Å². The molecule has 0 radical (unpaired) electrons. The number of nitrogens with two attached hydrogens (primary N) is 1. The molecular formula is C20H18F2N2O4. The molecule has 0 aliphatic rings. The number of primary amides is 1. The maximum Gasteiger partial charge on any atom is 0.254 e. The van der Waals surface area contributed by atoms with Crippen LogP contribution in [0.25, 0.3) is 11.3 Å². The third-order valence-corrected chi connectivity index (χ3v) is 3.83. The second-order valence-electron chi connectivity index (χ2n) is 5.95. The summed E-state index contributed by atoms with van der Waals surface area (Å²) in [7, 11) is 0. The van der Waals surface area contributed by atoms with Gasteiger partial charge in [0.15, 0.2) is 17.3 Å². The van der Waals surface area contributed by atoms with E-state index in [9.17, 15) is 13.6 Å². The van der Waals surface area contributed by atoms with Crippen molar-refractivity contribution in [3.8, 4) is 22.8 Å². The highest BCUT2D eigenvalue weighted by Crippen LogP contribution is 2.27. The Balaban J connectivity index is 1.72. The fraction of sp³-hybridized carbons (Fsp3) is 0.200. The zero-order valence-electron chi connectivity index (χ0n) is 15.1. The van der Waals surface area contributed by atoms with Gasteiger partial charge >= 0.3 is 0 Å². The lowest BCUT2D eigenvalue weighted by Gasteiger charge is -2.08. The predicted molar refractivity (Wildman–Crippen MR) is 96.9 cm³/mol. The van der Waals surface area contributed by atoms with Crippen LogP contribution in [0.15, 0.2) is 47.0 Å². The molecule has 0 bridgehead atoms. The molecule has 3 rings (SSSR count). The van der Waals surface area contributed by atoms with Crippen LogP contribution < -0.4 is 15.2 Å². The van der Waals surface area contributed by atoms with Crippen molar-refractivity contribution >= 4 is 5.91 Å². The number of ether oxygens (including phenoxy) is 2. The van der Waals surface area contributed by atoms with Crippen molar-refractivity contribution in [3.63, 3.8) is 0 Å². The van der Waals surface area contributed by atoms with E-state index in [1.165, 1.54) is 0 Å². The number of halogens is 2. The summed E-state index contributed by atoms with van der Waals surface area (Å²) in [6.07, 6.45) is 0.894. The normalized spacial score (nSPS) is 10.7. The van der Waals surface area contributed by atoms with Crippen molar-refractivity contribution in [2.45, 2.75) is 20.0 Å². The molecule has 1 heterocycles. The summed E-state index contributed by atoms with van der Waals surface area (Å²) in [5.41, 5.74) is 5.29. The lowest BCUT2D eigenvalue weighted by atomic mass is 10.1. The van der Waals surface area contributed by atoms with Gasteiger partial charge in [-0.15, -0.1) is 0 Å². The van der Waals surface area contributed by atoms with Crippen LogP contribution in [0.2, 0.25) is 0 Å². The van der Waals surface area contributed by atoms with Crippen LogP contribution in [-0.2, 0) is 6.61 Å². The molecule has 0 spiro atoms. The monoisotopic (exact) mass is 388 g/mol. The summed E-state index contributed by atoms with van der Waals surface area (Å²) >= 11 is 0. The maximum atomic E-state index is 14.2. The highest BCUT2D eigenvalue weighted by Gasteiger charge is 2.19. The Morgan fingerprint density at radius 2 is 2.00 bits per heavy atom. The smallest absolute Gasteiger partial charge is 0.254 e. The quantitative estimate of drug-likeness (QED) is 0.628. The fourth-order valence-electron chi connectivity index (χ4n) is 2.50. The van der Waals surface area contributed by atoms with Gasteiger partial charge in [0.25, 0.3) is 5.91 Å². The molecule has 0 saturated heterocycles. The van der Waals surface area contributed by atoms with Crippen LogP contribution in [0.1, 0.15) is 29.4 Å². The average molecular weight is 388 g/mol. The molecule has 1 aromatic heterocycles. The number of benzene rings is 2. The topological polar surface area (TPSA) is 87.6 Å². The lowest BCUT2D eigenvalue weighted by Crippen LogP contribution is -2.16. The Kier molecular flexibility index (Phi) is 5.88. The second kappa shape index (κ2) is 8.51. The summed E-state index contributed by atoms with van der Waals surface area (Å²) in [5, 5.41) is 3.88. The van der Waals surface area contributed by atoms with Crippen molar-refractivity contribution in [2.24, 2.45) is 5.73 Å². The summed E-state index contributed by atoms with van der Waals surface area (Å²) in [4.78, 5) is 11.2. The molecule has 28 heavy (non-hydrogen) atoms. The van der Waals surface area contributed by atoms with Gasteiger partial charge in [0.2, 0.25) is 0 Å². The minimum Gasteiger partial charge on any atom is -0.494 e. The van der Waals surface area contributed by atoms with E-state index in [2.05, 4.69) is 5.16 Å². The largest absolute Gasteiger partial charge is 0.494 e. The average Bonchev–Trinajstić information content (AvgIpc) is 3.15. The van der Waals surface area contributed by atoms with Gasteiger partial charge in [-0.2, -0.15) is 0 Å². The number of carbonyl (C=O) groups is 1. The molecule has 2 aromatic carbocycles. The van der Waals surface area contributed by atoms with Crippen LogP contribution in [0.5, 0.6) is 11.5 Å². The van der Waals surface area contributed by atoms with Crippen LogP contribution >= 0.6 is 0 Å². The number of amides is 1. The highest BCUT2D eigenvalue weighted by molar-refractivity contribution is 5.93. The number of hydrogen-bond acceptors (Lipinski definition) is 5. The van der Waals surface area contributed by atoms with Gasteiger partial charge in [0.1, 0.15) is 29.4 Å². The molecule has 146 valence electrons. The number of rotatable bonds is 8. The Morgan fingerprint density at radius 3 is 2.75 bits per heavy atom. The van der Waals surface area contributed by atoms with E-state index in [0.717, 1.165) is 24.1 Å². The summed E-state index contributed by atoms with van der Waals surface area (Å²) in [6, 6.07) is 10.9. The zero-order chi connectivity index (χ0) is 20.1. The van der Waals surface area contributed by atoms with Gasteiger partial charge in [-0.3, -0.25) is 4.79 Å². The molecule has 0 unspecified atom stereocenters. The van der Waals surface area contributed by atoms with E-state index in [0.29, 0.717) is 23.8 Å². The number of aromatic nitrogens is 1. The fourth-order valence-corrected chi connectivity index (χ4v) is 2.50. The minimum absolute atomic E-state index is 0.143. The van der Waals surface area contributed by atoms with Crippen LogP contribution in [0.4, 0.5) is 8.78 Å². The van der Waals surface area contributed by atoms with Gasteiger partial charge in [0, 0.05) is 11.6 Å². The second-order valence-corrected chi connectivity index (χ2v) is 5.95. The number of hydrogen-bond donors (Lipinski definition) is 1. The van der Waals surface area contributed by atoms with Gasteiger partial charge < -0.3 is 19.7 Å². The molecule has 6 nitrogen and oxygen atoms in total. The Hall–Kier alpha value is -3.42. The minimum atomic E-state index is -1.21. The van der Waals surface area contributed by atoms with E-state index in [4.69, 9.17) is 19.7 Å². The summed E-state index contributed by atoms with van der Waals surface area (Å²) in [6.45, 7) is 2.48. The van der Waals surface area contributed by atoms with Crippen molar-refractivity contribution in [1.29, 1.82) is 0 Å². The molecule has 0 saturated carbocycles. The molecule has 8 heteroatoms. The van der Waals surface area contributed by atoms with Gasteiger partial charge in [-0.25, -0.2) is 8.78 Å². The van der Waals surface area contributed by atoms with Gasteiger partial charge in [-0.1, -0.05) is 24.2 Å². The maximum absolute atomic E-state index is 14.2. The van der Waals surface area contributed by atoms with Gasteiger partial charge in [0.05, 0.1) is 6.61 Å². The van der Waals surface area contributed by atoms with Crippen molar-refractivity contribution in [2.75, 3.05) is 6.61 Å². The van der Waals surface area contributed by atoms with Crippen LogP contribution in [0, 0.1) is 11.6 Å². The SMILES string of the molecule is CCCOc1cccc(-c2cc(COc3ccc(F)c(C(N)=O)c3F)no2)c1. The third-order valence-electron chi connectivity index (χ3n) is 3.83. The predicted octanol–water partition coefficient (Wildman–Crippen LogP) is 4.09. The van der Waals surface area contributed by atoms with E-state index in [1.807, 2.05) is 31.2 Å². The number of nitrogens with zero attached hydrogens (tertiary/aromatic N) is 1. The van der Waals surface area contributed by atoms with Crippen LogP contribution in [0.3, 0.4) is 0 Å². The molecule has 0 aliphatic heterocycles. The van der Waals surface area contributed by atoms with Gasteiger partial charge in [-0.05, 0) is 30.7 Å². The Morgan fingerprint density at radius 1 is 1.18 bits per heavy atom. The van der Waals surface area contributed by atoms with Crippen molar-refractivity contribution in [3.05, 3.63) is 65.4 Å². The first-order valence-corrected chi connectivity index (χ1v) is 8.59. The standard InChI is InChI=1S/C20H18F2N2O4/c1-2-8-26-14-5-3-4-12(9-14)17-10-13(24-28-17)11-27-16-7-6-15(21)18(19(16)22)20(23)25/h3-7,9-10H,2,8,11H2,1H3,(H2,23,25). The summed E-state index contributed by atoms with van der Waals surface area (Å²) in [5.74, 6) is -2.54. The molecule has 1 amide bonds. The van der Waals surface area contributed by atoms with Crippen molar-refractivity contribution < 1.29 is 27.6 Å². The first-order valence-electron chi connectivity index (χ1n) is 8.59. The van der Waals surface area contributed by atoms with E-state index in [1.54, 1.807) is 6.07 Å². The number of carbonyl (C=O) groups excluding carboxylic acids is 1. The first kappa shape index (κ1) is 19.3. The molecule has 2 N–H and O–H groups in total. The van der Waals surface area contributed by atoms with E-state index < -0.39 is 23.1 Å². The first-order chi connectivity index (χ1) is 13.5. The Bertz CT molecular complexity index is 988. The molecule has 0 atom stereocenters.